The van der Waals surface area contributed by atoms with Gasteiger partial charge in [-0.05, 0) is 65.2 Å². The highest BCUT2D eigenvalue weighted by molar-refractivity contribution is 7.22. The summed E-state index contributed by atoms with van der Waals surface area (Å²) in [6.07, 6.45) is -0.854. The second-order valence-electron chi connectivity index (χ2n) is 16.1. The fourth-order valence-electron chi connectivity index (χ4n) is 9.99. The summed E-state index contributed by atoms with van der Waals surface area (Å²) in [6.45, 7) is -0.0663. The summed E-state index contributed by atoms with van der Waals surface area (Å²) in [6, 6.07) is 44.1. The number of esters is 1. The number of carbonyl (C=O) groups is 3. The zero-order chi connectivity index (χ0) is 44.1. The van der Waals surface area contributed by atoms with E-state index in [0.717, 1.165) is 26.9 Å². The van der Waals surface area contributed by atoms with Crippen LogP contribution in [-0.4, -0.2) is 67.0 Å². The van der Waals surface area contributed by atoms with Gasteiger partial charge in [-0.1, -0.05) is 132 Å². The van der Waals surface area contributed by atoms with Crippen molar-refractivity contribution >= 4 is 61.2 Å². The molecule has 3 N–H and O–H groups in total. The second kappa shape index (κ2) is 16.5. The molecule has 3 aliphatic heterocycles. The first-order valence-corrected chi connectivity index (χ1v) is 22.1. The normalized spacial score (nSPS) is 22.2. The number of para-hydroxylation sites is 3. The maximum Gasteiger partial charge on any atom is 0.324 e. The van der Waals surface area contributed by atoms with E-state index in [2.05, 4.69) is 32.8 Å². The summed E-state index contributed by atoms with van der Waals surface area (Å²) in [5.41, 5.74) is 4.10. The van der Waals surface area contributed by atoms with Gasteiger partial charge in [0.15, 0.2) is 5.13 Å². The quantitative estimate of drug-likeness (QED) is 0.0987. The predicted octanol–water partition coefficient (Wildman–Crippen LogP) is 7.37. The average molecular weight is 878 g/mol. The molecule has 0 radical (unpaired) electrons. The van der Waals surface area contributed by atoms with Crippen LogP contribution in [0.3, 0.4) is 0 Å². The Balaban J connectivity index is 1.15. The summed E-state index contributed by atoms with van der Waals surface area (Å²) in [5.74, 6) is 3.77. The molecular weight excluding hydrogens is 839 g/mol. The van der Waals surface area contributed by atoms with Gasteiger partial charge in [-0.15, -0.1) is 5.10 Å². The van der Waals surface area contributed by atoms with Crippen LogP contribution < -0.4 is 15.4 Å². The summed E-state index contributed by atoms with van der Waals surface area (Å²) >= 11 is 1.30. The largest absolute Gasteiger partial charge is 0.491 e. The van der Waals surface area contributed by atoms with Gasteiger partial charge in [0, 0.05) is 16.8 Å². The Morgan fingerprint density at radius 2 is 1.57 bits per heavy atom. The van der Waals surface area contributed by atoms with Gasteiger partial charge >= 0.3 is 5.97 Å². The third kappa shape index (κ3) is 6.71. The third-order valence-electron chi connectivity index (χ3n) is 12.6. The van der Waals surface area contributed by atoms with Crippen LogP contribution in [0.4, 0.5) is 10.8 Å². The third-order valence-corrected chi connectivity index (χ3v) is 13.5. The Kier molecular flexibility index (Phi) is 10.1. The molecule has 5 heterocycles. The molecule has 0 unspecified atom stereocenters. The Morgan fingerprint density at radius 3 is 2.37 bits per heavy atom. The maximum absolute atomic E-state index is 15.7. The molecule has 2 saturated heterocycles. The molecule has 8 aromatic rings. The van der Waals surface area contributed by atoms with Gasteiger partial charge < -0.3 is 25.2 Å². The number of morpholine rings is 1. The number of cyclic esters (lactones) is 1. The number of benzene rings is 6. The lowest BCUT2D eigenvalue weighted by Crippen LogP contribution is -2.53. The van der Waals surface area contributed by atoms with E-state index in [0.29, 0.717) is 38.8 Å². The molecule has 2 amide bonds. The molecule has 320 valence electrons. The Morgan fingerprint density at radius 1 is 0.846 bits per heavy atom. The monoisotopic (exact) mass is 877 g/mol. The van der Waals surface area contributed by atoms with Crippen molar-refractivity contribution < 1.29 is 29.0 Å². The summed E-state index contributed by atoms with van der Waals surface area (Å²) < 4.78 is 15.4. The smallest absolute Gasteiger partial charge is 0.324 e. The first-order valence-electron chi connectivity index (χ1n) is 21.2. The maximum atomic E-state index is 15.7. The molecule has 2 aromatic heterocycles. The van der Waals surface area contributed by atoms with Gasteiger partial charge in [-0.25, -0.2) is 9.67 Å². The molecule has 6 atom stereocenters. The molecule has 1 spiro atoms. The van der Waals surface area contributed by atoms with Crippen molar-refractivity contribution in [2.75, 3.05) is 23.8 Å². The predicted molar refractivity (Wildman–Crippen MR) is 245 cm³/mol. The lowest BCUT2D eigenvalue weighted by atomic mass is 9.65. The molecule has 11 rings (SSSR count). The van der Waals surface area contributed by atoms with Crippen LogP contribution in [0.15, 0.2) is 152 Å². The van der Waals surface area contributed by atoms with Crippen molar-refractivity contribution in [3.05, 3.63) is 179 Å². The summed E-state index contributed by atoms with van der Waals surface area (Å²) in [5, 5.41) is 25.1. The number of nitrogens with zero attached hydrogens (tertiary/aromatic N) is 5. The molecular formula is C51H39N7O6S. The topological polar surface area (TPSA) is 161 Å². The summed E-state index contributed by atoms with van der Waals surface area (Å²) in [4.78, 5) is 53.4. The zero-order valence-electron chi connectivity index (χ0n) is 34.6. The number of hydrogen-bond acceptors (Lipinski definition) is 11. The first-order chi connectivity index (χ1) is 31.9. The molecule has 0 bridgehead atoms. The van der Waals surface area contributed by atoms with E-state index >= 15 is 14.4 Å². The van der Waals surface area contributed by atoms with Crippen LogP contribution in [0, 0.1) is 17.8 Å². The van der Waals surface area contributed by atoms with Crippen LogP contribution in [-0.2, 0) is 31.1 Å². The number of aliphatic hydroxyl groups is 1. The lowest BCUT2D eigenvalue weighted by Gasteiger charge is -2.46. The highest BCUT2D eigenvalue weighted by Crippen LogP contribution is 2.65. The number of anilines is 2. The number of aliphatic hydroxyl groups excluding tert-OH is 1. The fraction of sp³-hybridized carbons (Fsp3) is 0.176. The Bertz CT molecular complexity index is 3170. The molecule has 6 aromatic carbocycles. The van der Waals surface area contributed by atoms with Gasteiger partial charge in [0.2, 0.25) is 11.8 Å². The molecule has 0 saturated carbocycles. The minimum Gasteiger partial charge on any atom is -0.491 e. The number of aromatic nitrogens is 4. The number of ether oxygens (including phenoxy) is 2. The van der Waals surface area contributed by atoms with E-state index in [-0.39, 0.29) is 19.8 Å². The minimum absolute atomic E-state index is 0.0396. The highest BCUT2D eigenvalue weighted by atomic mass is 32.1. The molecule has 2 fully saturated rings. The lowest BCUT2D eigenvalue weighted by molar-refractivity contribution is -0.177. The Hall–Kier alpha value is -7.70. The standard InChI is InChI=1S/C51H39N7O6S/c59-28-29-63-40-23-11-7-19-34(40)46-51(35-30-31(25-26-36(35)52-49(51)62)14-13-27-57-39-22-10-8-20-37(39)55-56-57)42(47(60)54-50-53-38-21-9-12-24-41(38)65-50)44-48(61)64-45(33-17-5-2-6-18-33)43(58(44)46)32-15-3-1-4-16-32/h1-12,15-26,30,42-46,59H,27-29H2,(H,52,62)(H,53,54,60)/t42-,43-,44-,45+,46+,51-/m0/s1. The molecule has 0 aliphatic carbocycles. The SMILES string of the molecule is O=C1O[C@H](c2ccccc2)[C@H](c2ccccc2)N2[C@H]1[C@@H](C(=O)Nc1nc3ccccc3s1)[C@]1(C(=O)Nc3ccc(C#CCn4nnc5ccccc54)cc31)[C@H]2c1ccccc1OCCO. The zero-order valence-corrected chi connectivity index (χ0v) is 35.4. The number of fused-ring (bicyclic) bond motifs is 5. The van der Waals surface area contributed by atoms with Gasteiger partial charge in [0.25, 0.3) is 0 Å². The van der Waals surface area contributed by atoms with Crippen molar-refractivity contribution in [2.45, 2.75) is 36.2 Å². The minimum atomic E-state index is -1.81. The number of rotatable bonds is 9. The number of hydrogen-bond donors (Lipinski definition) is 3. The summed E-state index contributed by atoms with van der Waals surface area (Å²) in [7, 11) is 0. The van der Waals surface area contributed by atoms with Gasteiger partial charge in [0.05, 0.1) is 40.3 Å². The van der Waals surface area contributed by atoms with E-state index in [1.165, 1.54) is 11.3 Å². The number of nitrogens with one attached hydrogen (secondary N) is 2. The van der Waals surface area contributed by atoms with E-state index in [9.17, 15) is 5.11 Å². The molecule has 65 heavy (non-hydrogen) atoms. The molecule has 14 heteroatoms. The number of carbonyl (C=O) groups excluding carboxylic acids is 3. The van der Waals surface area contributed by atoms with Crippen molar-refractivity contribution in [3.8, 4) is 17.6 Å². The first kappa shape index (κ1) is 40.1. The molecule has 13 nitrogen and oxygen atoms in total. The van der Waals surface area contributed by atoms with Crippen LogP contribution in [0.5, 0.6) is 5.75 Å². The van der Waals surface area contributed by atoms with Crippen LogP contribution in [0.25, 0.3) is 21.3 Å². The molecule has 3 aliphatic rings. The van der Waals surface area contributed by atoms with Gasteiger partial charge in [-0.3, -0.25) is 19.3 Å². The van der Waals surface area contributed by atoms with Gasteiger partial charge in [-0.2, -0.15) is 0 Å². The number of thiazole rings is 1. The van der Waals surface area contributed by atoms with Crippen LogP contribution in [0.2, 0.25) is 0 Å². The number of amides is 2. The Labute approximate surface area is 376 Å². The van der Waals surface area contributed by atoms with E-state index in [1.54, 1.807) is 16.8 Å². The van der Waals surface area contributed by atoms with Gasteiger partial charge in [0.1, 0.15) is 42.0 Å². The van der Waals surface area contributed by atoms with E-state index < -0.39 is 53.3 Å². The van der Waals surface area contributed by atoms with Crippen LogP contribution in [0.1, 0.15) is 46.0 Å². The fourth-order valence-corrected chi connectivity index (χ4v) is 10.9. The van der Waals surface area contributed by atoms with Crippen molar-refractivity contribution in [2.24, 2.45) is 5.92 Å². The van der Waals surface area contributed by atoms with Crippen molar-refractivity contribution in [1.29, 1.82) is 0 Å². The van der Waals surface area contributed by atoms with Crippen LogP contribution >= 0.6 is 11.3 Å². The second-order valence-corrected chi connectivity index (χ2v) is 17.1. The van der Waals surface area contributed by atoms with E-state index in [1.807, 2.05) is 144 Å². The van der Waals surface area contributed by atoms with Crippen molar-refractivity contribution in [1.82, 2.24) is 24.9 Å². The highest BCUT2D eigenvalue weighted by Gasteiger charge is 2.74. The van der Waals surface area contributed by atoms with E-state index in [4.69, 9.17) is 14.5 Å². The van der Waals surface area contributed by atoms with Crippen molar-refractivity contribution in [3.63, 3.8) is 0 Å². The average Bonchev–Trinajstić information content (AvgIpc) is 4.10.